The van der Waals surface area contributed by atoms with Gasteiger partial charge < -0.3 is 9.30 Å². The van der Waals surface area contributed by atoms with Crippen molar-refractivity contribution < 1.29 is 9.66 Å². The summed E-state index contributed by atoms with van der Waals surface area (Å²) in [5.74, 6) is 0.232. The lowest BCUT2D eigenvalue weighted by atomic mass is 10.2. The molecule has 0 aliphatic carbocycles. The van der Waals surface area contributed by atoms with Gasteiger partial charge in [-0.05, 0) is 24.6 Å². The molecule has 0 radical (unpaired) electrons. The molecule has 108 valence electrons. The fraction of sp³-hybridized carbons (Fsp3) is 0.267. The van der Waals surface area contributed by atoms with Crippen LogP contribution in [0.5, 0.6) is 5.75 Å². The largest absolute Gasteiger partial charge is 0.486 e. The summed E-state index contributed by atoms with van der Waals surface area (Å²) in [4.78, 5) is 10.3. The predicted molar refractivity (Wildman–Crippen MR) is 76.9 cm³/mol. The first-order chi connectivity index (χ1) is 10.2. The lowest BCUT2D eigenvalue weighted by Crippen LogP contribution is -2.06. The van der Waals surface area contributed by atoms with Crippen LogP contribution >= 0.6 is 0 Å². The van der Waals surface area contributed by atoms with Crippen molar-refractivity contribution in [3.8, 4) is 11.8 Å². The fourth-order valence-corrected chi connectivity index (χ4v) is 2.10. The topological polar surface area (TPSA) is 81.1 Å². The van der Waals surface area contributed by atoms with Gasteiger partial charge in [-0.25, -0.2) is 0 Å². The molecule has 0 atom stereocenters. The van der Waals surface area contributed by atoms with E-state index in [4.69, 9.17) is 10.00 Å². The van der Waals surface area contributed by atoms with Crippen molar-refractivity contribution in [1.29, 1.82) is 5.26 Å². The summed E-state index contributed by atoms with van der Waals surface area (Å²) >= 11 is 0. The zero-order valence-electron chi connectivity index (χ0n) is 11.7. The minimum Gasteiger partial charge on any atom is -0.486 e. The van der Waals surface area contributed by atoms with Gasteiger partial charge >= 0.3 is 0 Å². The lowest BCUT2D eigenvalue weighted by molar-refractivity contribution is -0.385. The smallest absolute Gasteiger partial charge is 0.290 e. The van der Waals surface area contributed by atoms with E-state index in [-0.39, 0.29) is 23.6 Å². The molecule has 0 fully saturated rings. The number of nitrogens with zero attached hydrogens (tertiary/aromatic N) is 3. The van der Waals surface area contributed by atoms with E-state index >= 15 is 0 Å². The van der Waals surface area contributed by atoms with E-state index in [0.717, 1.165) is 18.7 Å². The van der Waals surface area contributed by atoms with Crippen molar-refractivity contribution in [2.75, 3.05) is 0 Å². The Morgan fingerprint density at radius 3 is 2.86 bits per heavy atom. The lowest BCUT2D eigenvalue weighted by Gasteiger charge is -2.10. The average molecular weight is 285 g/mol. The minimum atomic E-state index is -0.578. The molecule has 0 aliphatic rings. The number of nitro benzene ring substituents is 1. The summed E-state index contributed by atoms with van der Waals surface area (Å²) in [6.07, 6.45) is 2.96. The quantitative estimate of drug-likeness (QED) is 0.602. The normalized spacial score (nSPS) is 10.1. The van der Waals surface area contributed by atoms with Crippen molar-refractivity contribution >= 4 is 5.69 Å². The molecule has 0 N–H and O–H groups in total. The summed E-state index contributed by atoms with van der Waals surface area (Å²) in [6, 6.07) is 10.1. The van der Waals surface area contributed by atoms with Gasteiger partial charge in [0.15, 0.2) is 5.56 Å². The second-order valence-corrected chi connectivity index (χ2v) is 4.50. The second-order valence-electron chi connectivity index (χ2n) is 4.50. The maximum Gasteiger partial charge on any atom is 0.290 e. The number of ether oxygens (including phenoxy) is 1. The van der Waals surface area contributed by atoms with Gasteiger partial charge in [-0.3, -0.25) is 10.1 Å². The molecule has 0 saturated carbocycles. The molecular weight excluding hydrogens is 270 g/mol. The van der Waals surface area contributed by atoms with E-state index < -0.39 is 4.92 Å². The number of benzene rings is 1. The monoisotopic (exact) mass is 285 g/mol. The molecule has 1 heterocycles. The third kappa shape index (κ3) is 3.20. The predicted octanol–water partition coefficient (Wildman–Crippen LogP) is 3.26. The van der Waals surface area contributed by atoms with Crippen LogP contribution in [0.2, 0.25) is 0 Å². The number of nitriles is 1. The Balaban J connectivity index is 2.21. The summed E-state index contributed by atoms with van der Waals surface area (Å²) in [7, 11) is 0. The van der Waals surface area contributed by atoms with Gasteiger partial charge in [0.05, 0.1) is 10.6 Å². The molecule has 2 rings (SSSR count). The first-order valence-electron chi connectivity index (χ1n) is 6.61. The standard InChI is InChI=1S/C15H15N3O3/c1-2-8-17-9-4-5-12(17)11-21-15-7-3-6-14(18(19)20)13(15)10-16/h3-7,9H,2,8,11H2,1H3. The number of hydrogen-bond donors (Lipinski definition) is 0. The maximum atomic E-state index is 10.9. The van der Waals surface area contributed by atoms with Crippen LogP contribution < -0.4 is 4.74 Å². The molecule has 1 aromatic carbocycles. The van der Waals surface area contributed by atoms with Gasteiger partial charge in [0, 0.05) is 18.8 Å². The minimum absolute atomic E-state index is 0.0453. The zero-order valence-corrected chi connectivity index (χ0v) is 11.7. The Morgan fingerprint density at radius 2 is 2.19 bits per heavy atom. The third-order valence-electron chi connectivity index (χ3n) is 3.08. The number of rotatable bonds is 6. The van der Waals surface area contributed by atoms with E-state index in [1.807, 2.05) is 24.4 Å². The Labute approximate surface area is 122 Å². The number of nitro groups is 1. The molecular formula is C15H15N3O3. The molecule has 0 bridgehead atoms. The Kier molecular flexibility index (Phi) is 4.57. The molecule has 6 nitrogen and oxygen atoms in total. The summed E-state index contributed by atoms with van der Waals surface area (Å²) in [5.41, 5.74) is 0.683. The highest BCUT2D eigenvalue weighted by atomic mass is 16.6. The summed E-state index contributed by atoms with van der Waals surface area (Å²) < 4.78 is 7.66. The van der Waals surface area contributed by atoms with E-state index in [0.29, 0.717) is 0 Å². The van der Waals surface area contributed by atoms with Crippen LogP contribution in [-0.4, -0.2) is 9.49 Å². The van der Waals surface area contributed by atoms with Crippen molar-refractivity contribution in [3.05, 3.63) is 57.9 Å². The zero-order chi connectivity index (χ0) is 15.2. The van der Waals surface area contributed by atoms with Crippen LogP contribution in [0.3, 0.4) is 0 Å². The van der Waals surface area contributed by atoms with Crippen LogP contribution in [0.25, 0.3) is 0 Å². The van der Waals surface area contributed by atoms with Crippen molar-refractivity contribution in [2.24, 2.45) is 0 Å². The Morgan fingerprint density at radius 1 is 1.38 bits per heavy atom. The summed E-state index contributed by atoms with van der Waals surface area (Å²) in [5, 5.41) is 20.0. The molecule has 0 aliphatic heterocycles. The Hall–Kier alpha value is -2.81. The van der Waals surface area contributed by atoms with Crippen LogP contribution in [0.15, 0.2) is 36.5 Å². The number of aryl methyl sites for hydroxylation is 1. The van der Waals surface area contributed by atoms with Gasteiger partial charge in [0.25, 0.3) is 5.69 Å². The third-order valence-corrected chi connectivity index (χ3v) is 3.08. The highest BCUT2D eigenvalue weighted by Crippen LogP contribution is 2.27. The van der Waals surface area contributed by atoms with Crippen LogP contribution in [-0.2, 0) is 13.2 Å². The molecule has 1 aromatic heterocycles. The van der Waals surface area contributed by atoms with Crippen LogP contribution in [0.1, 0.15) is 24.6 Å². The number of hydrogen-bond acceptors (Lipinski definition) is 4. The molecule has 6 heteroatoms. The van der Waals surface area contributed by atoms with E-state index in [9.17, 15) is 10.1 Å². The van der Waals surface area contributed by atoms with E-state index in [1.165, 1.54) is 12.1 Å². The highest BCUT2D eigenvalue weighted by molar-refractivity contribution is 5.56. The van der Waals surface area contributed by atoms with Gasteiger partial charge in [0.2, 0.25) is 0 Å². The van der Waals surface area contributed by atoms with Crippen molar-refractivity contribution in [1.82, 2.24) is 4.57 Å². The molecule has 21 heavy (non-hydrogen) atoms. The molecule has 0 unspecified atom stereocenters. The average Bonchev–Trinajstić information content (AvgIpc) is 2.92. The Bertz CT molecular complexity index is 686. The van der Waals surface area contributed by atoms with Gasteiger partial charge in [-0.15, -0.1) is 0 Å². The van der Waals surface area contributed by atoms with Gasteiger partial charge in [-0.2, -0.15) is 5.26 Å². The molecule has 0 spiro atoms. The van der Waals surface area contributed by atoms with Crippen molar-refractivity contribution in [3.63, 3.8) is 0 Å². The van der Waals surface area contributed by atoms with E-state index in [2.05, 4.69) is 11.5 Å². The highest BCUT2D eigenvalue weighted by Gasteiger charge is 2.18. The first-order valence-corrected chi connectivity index (χ1v) is 6.61. The summed E-state index contributed by atoms with van der Waals surface area (Å²) in [6.45, 7) is 3.23. The second kappa shape index (κ2) is 6.57. The van der Waals surface area contributed by atoms with Crippen molar-refractivity contribution in [2.45, 2.75) is 26.5 Å². The van der Waals surface area contributed by atoms with Gasteiger partial charge in [0.1, 0.15) is 18.4 Å². The molecule has 0 saturated heterocycles. The van der Waals surface area contributed by atoms with Crippen LogP contribution in [0, 0.1) is 21.4 Å². The fourth-order valence-electron chi connectivity index (χ4n) is 2.10. The van der Waals surface area contributed by atoms with E-state index in [1.54, 1.807) is 6.07 Å². The maximum absolute atomic E-state index is 10.9. The SMILES string of the molecule is CCCn1cccc1COc1cccc([N+](=O)[O-])c1C#N. The van der Waals surface area contributed by atoms with Crippen LogP contribution in [0.4, 0.5) is 5.69 Å². The first kappa shape index (κ1) is 14.6. The number of aromatic nitrogens is 1. The molecule has 2 aromatic rings. The molecule has 0 amide bonds. The van der Waals surface area contributed by atoms with Gasteiger partial charge in [-0.1, -0.05) is 13.0 Å².